The molecule has 0 spiro atoms. The molecule has 0 radical (unpaired) electrons. The van der Waals surface area contributed by atoms with Crippen molar-refractivity contribution in [2.45, 2.75) is 6.92 Å². The molecule has 2 amide bonds. The Labute approximate surface area is 108 Å². The molecule has 0 saturated heterocycles. The molecule has 1 aromatic rings. The molecule has 102 valence electrons. The van der Waals surface area contributed by atoms with Gasteiger partial charge in [0.2, 0.25) is 0 Å². The van der Waals surface area contributed by atoms with E-state index >= 15 is 0 Å². The summed E-state index contributed by atoms with van der Waals surface area (Å²) in [6, 6.07) is 3.52. The fourth-order valence-corrected chi connectivity index (χ4v) is 1.49. The lowest BCUT2D eigenvalue weighted by Crippen LogP contribution is -2.35. The molecule has 0 aliphatic rings. The molecule has 0 aromatic heterocycles. The van der Waals surface area contributed by atoms with E-state index in [-0.39, 0.29) is 17.9 Å². The highest BCUT2D eigenvalue weighted by molar-refractivity contribution is 6.03. The minimum absolute atomic E-state index is 0.0000709. The minimum Gasteiger partial charge on any atom is -0.490 e. The Morgan fingerprint density at radius 1 is 1.47 bits per heavy atom. The first-order valence-electron chi connectivity index (χ1n) is 5.29. The molecule has 8 nitrogen and oxygen atoms in total. The van der Waals surface area contributed by atoms with Crippen LogP contribution in [-0.2, 0) is 0 Å². The number of carbonyl (C=O) groups is 2. The van der Waals surface area contributed by atoms with Gasteiger partial charge in [0.1, 0.15) is 0 Å². The van der Waals surface area contributed by atoms with Crippen LogP contribution in [0.2, 0.25) is 0 Å². The van der Waals surface area contributed by atoms with Gasteiger partial charge in [-0.05, 0) is 19.1 Å². The van der Waals surface area contributed by atoms with E-state index in [0.29, 0.717) is 4.90 Å². The number of benzene rings is 1. The number of hydrogen-bond donors (Lipinski definition) is 1. The van der Waals surface area contributed by atoms with Gasteiger partial charge in [-0.2, -0.15) is 0 Å². The second kappa shape index (κ2) is 5.80. The Bertz CT molecular complexity index is 528. The maximum atomic E-state index is 11.9. The van der Waals surface area contributed by atoms with Crippen molar-refractivity contribution in [2.24, 2.45) is 0 Å². The second-order valence-corrected chi connectivity index (χ2v) is 3.48. The topological polar surface area (TPSA) is 110 Å². The van der Waals surface area contributed by atoms with Gasteiger partial charge in [0, 0.05) is 18.2 Å². The summed E-state index contributed by atoms with van der Waals surface area (Å²) in [4.78, 5) is 33.4. The zero-order valence-corrected chi connectivity index (χ0v) is 10.3. The fraction of sp³-hybridized carbons (Fsp3) is 0.273. The average molecular weight is 268 g/mol. The molecular formula is C11H12N2O6. The number of amides is 2. The SMILES string of the molecule is CCN(C(=O)O)C(=O)c1ccc(OC)c([N+](=O)[O-])c1. The van der Waals surface area contributed by atoms with Gasteiger partial charge in [-0.3, -0.25) is 14.9 Å². The lowest BCUT2D eigenvalue weighted by molar-refractivity contribution is -0.385. The Morgan fingerprint density at radius 2 is 2.11 bits per heavy atom. The molecule has 0 bridgehead atoms. The number of rotatable bonds is 4. The van der Waals surface area contributed by atoms with Crippen LogP contribution < -0.4 is 4.74 Å². The van der Waals surface area contributed by atoms with E-state index in [1.807, 2.05) is 0 Å². The van der Waals surface area contributed by atoms with Crippen molar-refractivity contribution >= 4 is 17.7 Å². The van der Waals surface area contributed by atoms with Crippen LogP contribution in [0.15, 0.2) is 18.2 Å². The number of imide groups is 1. The molecule has 19 heavy (non-hydrogen) atoms. The van der Waals surface area contributed by atoms with Gasteiger partial charge in [-0.1, -0.05) is 0 Å². The van der Waals surface area contributed by atoms with Gasteiger partial charge in [-0.25, -0.2) is 9.69 Å². The lowest BCUT2D eigenvalue weighted by Gasteiger charge is -2.14. The van der Waals surface area contributed by atoms with Crippen LogP contribution in [-0.4, -0.2) is 40.6 Å². The summed E-state index contributed by atoms with van der Waals surface area (Å²) in [5, 5.41) is 19.6. The van der Waals surface area contributed by atoms with Gasteiger partial charge in [0.25, 0.3) is 5.91 Å². The van der Waals surface area contributed by atoms with Gasteiger partial charge < -0.3 is 9.84 Å². The van der Waals surface area contributed by atoms with Crippen molar-refractivity contribution in [1.82, 2.24) is 4.90 Å². The van der Waals surface area contributed by atoms with E-state index in [4.69, 9.17) is 9.84 Å². The number of ether oxygens (including phenoxy) is 1. The molecule has 0 atom stereocenters. The highest BCUT2D eigenvalue weighted by Gasteiger charge is 2.24. The van der Waals surface area contributed by atoms with Crippen molar-refractivity contribution in [2.75, 3.05) is 13.7 Å². The predicted molar refractivity (Wildman–Crippen MR) is 64.4 cm³/mol. The highest BCUT2D eigenvalue weighted by Crippen LogP contribution is 2.27. The Morgan fingerprint density at radius 3 is 2.53 bits per heavy atom. The molecule has 0 saturated carbocycles. The smallest absolute Gasteiger partial charge is 0.414 e. The number of nitro benzene ring substituents is 1. The summed E-state index contributed by atoms with van der Waals surface area (Å²) in [7, 11) is 1.26. The molecule has 0 unspecified atom stereocenters. The first-order chi connectivity index (χ1) is 8.92. The zero-order valence-electron chi connectivity index (χ0n) is 10.3. The number of nitro groups is 1. The van der Waals surface area contributed by atoms with Crippen LogP contribution in [0.4, 0.5) is 10.5 Å². The number of carboxylic acid groups (broad SMARTS) is 1. The molecule has 0 aliphatic heterocycles. The van der Waals surface area contributed by atoms with Gasteiger partial charge in [0.05, 0.1) is 12.0 Å². The summed E-state index contributed by atoms with van der Waals surface area (Å²) in [5.74, 6) is -0.819. The lowest BCUT2D eigenvalue weighted by atomic mass is 10.1. The molecule has 0 fully saturated rings. The van der Waals surface area contributed by atoms with Crippen molar-refractivity contribution in [3.63, 3.8) is 0 Å². The number of carbonyl (C=O) groups excluding carboxylic acids is 1. The summed E-state index contributed by atoms with van der Waals surface area (Å²) in [5.41, 5.74) is -0.480. The third-order valence-corrected chi connectivity index (χ3v) is 2.41. The molecule has 0 aliphatic carbocycles. The highest BCUT2D eigenvalue weighted by atomic mass is 16.6. The third kappa shape index (κ3) is 2.97. The Kier molecular flexibility index (Phi) is 4.41. The molecule has 8 heteroatoms. The summed E-state index contributed by atoms with van der Waals surface area (Å²) in [6.07, 6.45) is -1.41. The van der Waals surface area contributed by atoms with Gasteiger partial charge in [-0.15, -0.1) is 0 Å². The molecule has 1 aromatic carbocycles. The number of nitrogens with zero attached hydrogens (tertiary/aromatic N) is 2. The van der Waals surface area contributed by atoms with Crippen molar-refractivity contribution in [3.05, 3.63) is 33.9 Å². The van der Waals surface area contributed by atoms with Crippen molar-refractivity contribution < 1.29 is 24.4 Å². The molecule has 0 heterocycles. The third-order valence-electron chi connectivity index (χ3n) is 2.41. The van der Waals surface area contributed by atoms with Gasteiger partial charge in [0.15, 0.2) is 5.75 Å². The van der Waals surface area contributed by atoms with E-state index in [9.17, 15) is 19.7 Å². The average Bonchev–Trinajstić information content (AvgIpc) is 2.38. The maximum Gasteiger partial charge on any atom is 0.414 e. The largest absolute Gasteiger partial charge is 0.490 e. The van der Waals surface area contributed by atoms with Crippen molar-refractivity contribution in [1.29, 1.82) is 0 Å². The van der Waals surface area contributed by atoms with E-state index in [2.05, 4.69) is 0 Å². The van der Waals surface area contributed by atoms with Crippen LogP contribution in [0, 0.1) is 10.1 Å². The Balaban J connectivity index is 3.22. The second-order valence-electron chi connectivity index (χ2n) is 3.48. The monoisotopic (exact) mass is 268 g/mol. The van der Waals surface area contributed by atoms with Gasteiger partial charge >= 0.3 is 11.8 Å². The minimum atomic E-state index is -1.41. The van der Waals surface area contributed by atoms with Crippen LogP contribution in [0.1, 0.15) is 17.3 Å². The Hall–Kier alpha value is -2.64. The van der Waals surface area contributed by atoms with Crippen LogP contribution in [0.5, 0.6) is 5.75 Å². The number of methoxy groups -OCH3 is 1. The molecular weight excluding hydrogens is 256 g/mol. The maximum absolute atomic E-state index is 11.9. The number of hydrogen-bond acceptors (Lipinski definition) is 5. The standard InChI is InChI=1S/C11H12N2O6/c1-3-12(11(15)16)10(14)7-4-5-9(19-2)8(6-7)13(17)18/h4-6H,3H2,1-2H3,(H,15,16). The van der Waals surface area contributed by atoms with Crippen molar-refractivity contribution in [3.8, 4) is 5.75 Å². The van der Waals surface area contributed by atoms with Crippen LogP contribution in [0.3, 0.4) is 0 Å². The van der Waals surface area contributed by atoms with Crippen LogP contribution in [0.25, 0.3) is 0 Å². The van der Waals surface area contributed by atoms with E-state index in [1.165, 1.54) is 26.2 Å². The van der Waals surface area contributed by atoms with E-state index in [1.54, 1.807) is 0 Å². The fourth-order valence-electron chi connectivity index (χ4n) is 1.49. The summed E-state index contributed by atoms with van der Waals surface area (Å²) < 4.78 is 4.79. The predicted octanol–water partition coefficient (Wildman–Crippen LogP) is 1.74. The molecule has 1 N–H and O–H groups in total. The van der Waals surface area contributed by atoms with Crippen LogP contribution >= 0.6 is 0 Å². The van der Waals surface area contributed by atoms with E-state index < -0.39 is 22.6 Å². The quantitative estimate of drug-likeness (QED) is 0.657. The first-order valence-corrected chi connectivity index (χ1v) is 5.29. The summed E-state index contributed by atoms with van der Waals surface area (Å²) >= 11 is 0. The molecule has 1 rings (SSSR count). The first kappa shape index (κ1) is 14.4. The summed E-state index contributed by atoms with van der Waals surface area (Å²) in [6.45, 7) is 1.44. The van der Waals surface area contributed by atoms with E-state index in [0.717, 1.165) is 6.07 Å². The zero-order chi connectivity index (χ0) is 14.6. The normalized spacial score (nSPS) is 9.79.